The molecule has 2 aromatic carbocycles. The quantitative estimate of drug-likeness (QED) is 0.267. The van der Waals surface area contributed by atoms with Crippen LogP contribution in [0.1, 0.15) is 57.8 Å². The van der Waals surface area contributed by atoms with Crippen LogP contribution in [0, 0.1) is 5.92 Å². The number of carbonyl (C=O) groups is 2. The molecule has 2 heterocycles. The zero-order chi connectivity index (χ0) is 25.2. The molecule has 1 unspecified atom stereocenters. The molecular formula is C29H27ClN2O3S. The number of nitrogens with one attached hydrogen (secondary N) is 1. The van der Waals surface area contributed by atoms with E-state index in [0.29, 0.717) is 44.9 Å². The van der Waals surface area contributed by atoms with Crippen LogP contribution in [0.5, 0.6) is 0 Å². The SMILES string of the molecule is CCCOC(=O)c1c(NC(=O)c2cc(-c3ccccc3Cl)nc3ccccc23)sc2c1CCC(C)C2. The summed E-state index contributed by atoms with van der Waals surface area (Å²) in [5.74, 6) is -0.116. The van der Waals surface area contributed by atoms with E-state index >= 15 is 0 Å². The van der Waals surface area contributed by atoms with Gasteiger partial charge in [0.15, 0.2) is 0 Å². The van der Waals surface area contributed by atoms with Gasteiger partial charge in [0.25, 0.3) is 5.91 Å². The fourth-order valence-corrected chi connectivity index (χ4v) is 6.29. The number of thiophene rings is 1. The molecule has 5 rings (SSSR count). The molecule has 1 amide bonds. The largest absolute Gasteiger partial charge is 0.462 e. The van der Waals surface area contributed by atoms with Gasteiger partial charge in [0.1, 0.15) is 5.00 Å². The Hall–Kier alpha value is -3.22. The van der Waals surface area contributed by atoms with E-state index in [0.717, 1.165) is 47.1 Å². The van der Waals surface area contributed by atoms with Gasteiger partial charge >= 0.3 is 5.97 Å². The first-order chi connectivity index (χ1) is 17.5. The van der Waals surface area contributed by atoms with Gasteiger partial charge in [-0.05, 0) is 55.4 Å². The molecule has 0 saturated heterocycles. The molecule has 1 aliphatic carbocycles. The third-order valence-corrected chi connectivity index (χ3v) is 7.99. The number of carbonyl (C=O) groups excluding carboxylic acids is 2. The highest BCUT2D eigenvalue weighted by Gasteiger charge is 2.29. The fourth-order valence-electron chi connectivity index (χ4n) is 4.66. The summed E-state index contributed by atoms with van der Waals surface area (Å²) in [7, 11) is 0. The summed E-state index contributed by atoms with van der Waals surface area (Å²) in [6.45, 7) is 4.53. The fraction of sp³-hybridized carbons (Fsp3) is 0.276. The number of halogens is 1. The highest BCUT2D eigenvalue weighted by atomic mass is 35.5. The Labute approximate surface area is 219 Å². The minimum Gasteiger partial charge on any atom is -0.462 e. The van der Waals surface area contributed by atoms with E-state index < -0.39 is 0 Å². The summed E-state index contributed by atoms with van der Waals surface area (Å²) in [5.41, 5.74) is 4.07. The Bertz CT molecular complexity index is 1460. The molecule has 0 aliphatic heterocycles. The average Bonchev–Trinajstić information content (AvgIpc) is 3.23. The van der Waals surface area contributed by atoms with Gasteiger partial charge in [-0.1, -0.05) is 61.8 Å². The van der Waals surface area contributed by atoms with Crippen LogP contribution in [-0.4, -0.2) is 23.5 Å². The summed E-state index contributed by atoms with van der Waals surface area (Å²) in [5, 5.41) is 4.91. The van der Waals surface area contributed by atoms with Crippen molar-refractivity contribution in [1.29, 1.82) is 0 Å². The van der Waals surface area contributed by atoms with Crippen LogP contribution in [0.3, 0.4) is 0 Å². The second-order valence-electron chi connectivity index (χ2n) is 9.20. The van der Waals surface area contributed by atoms with Crippen molar-refractivity contribution in [2.45, 2.75) is 39.5 Å². The zero-order valence-corrected chi connectivity index (χ0v) is 21.8. The predicted molar refractivity (Wildman–Crippen MR) is 146 cm³/mol. The number of esters is 1. The monoisotopic (exact) mass is 518 g/mol. The molecule has 184 valence electrons. The summed E-state index contributed by atoms with van der Waals surface area (Å²) in [4.78, 5) is 32.7. The van der Waals surface area contributed by atoms with Crippen molar-refractivity contribution < 1.29 is 14.3 Å². The number of benzene rings is 2. The summed E-state index contributed by atoms with van der Waals surface area (Å²) in [6.07, 6.45) is 3.47. The Morgan fingerprint density at radius 1 is 1.17 bits per heavy atom. The lowest BCUT2D eigenvalue weighted by atomic mass is 9.88. The maximum atomic E-state index is 13.7. The maximum absolute atomic E-state index is 13.7. The molecule has 5 nitrogen and oxygen atoms in total. The second kappa shape index (κ2) is 10.4. The van der Waals surface area contributed by atoms with Gasteiger partial charge < -0.3 is 10.1 Å². The molecule has 1 atom stereocenters. The van der Waals surface area contributed by atoms with Crippen molar-refractivity contribution in [1.82, 2.24) is 4.98 Å². The number of nitrogens with zero attached hydrogens (tertiary/aromatic N) is 1. The Morgan fingerprint density at radius 3 is 2.75 bits per heavy atom. The summed E-state index contributed by atoms with van der Waals surface area (Å²) >= 11 is 7.94. The molecule has 0 fully saturated rings. The zero-order valence-electron chi connectivity index (χ0n) is 20.3. The van der Waals surface area contributed by atoms with Crippen molar-refractivity contribution in [3.8, 4) is 11.3 Å². The molecule has 7 heteroatoms. The molecule has 1 N–H and O–H groups in total. The number of ether oxygens (including phenoxy) is 1. The standard InChI is InChI=1S/C29H27ClN2O3S/c1-3-14-35-29(34)26-20-13-12-17(2)15-25(20)36-28(26)32-27(33)21-16-24(19-9-4-6-10-22(19)30)31-23-11-7-5-8-18(21)23/h4-11,16-17H,3,12-15H2,1-2H3,(H,32,33). The average molecular weight is 519 g/mol. The number of hydrogen-bond donors (Lipinski definition) is 1. The summed E-state index contributed by atoms with van der Waals surface area (Å²) in [6, 6.07) is 16.7. The highest BCUT2D eigenvalue weighted by Crippen LogP contribution is 2.40. The topological polar surface area (TPSA) is 68.3 Å². The smallest absolute Gasteiger partial charge is 0.341 e. The highest BCUT2D eigenvalue weighted by molar-refractivity contribution is 7.17. The van der Waals surface area contributed by atoms with Crippen LogP contribution in [0.4, 0.5) is 5.00 Å². The molecule has 36 heavy (non-hydrogen) atoms. The number of para-hydroxylation sites is 1. The van der Waals surface area contributed by atoms with Gasteiger partial charge in [0.2, 0.25) is 0 Å². The van der Waals surface area contributed by atoms with Crippen LogP contribution in [0.15, 0.2) is 54.6 Å². The molecule has 0 saturated carbocycles. The lowest BCUT2D eigenvalue weighted by molar-refractivity contribution is 0.0505. The third kappa shape index (κ3) is 4.75. The Balaban J connectivity index is 1.57. The minimum absolute atomic E-state index is 0.293. The second-order valence-corrected chi connectivity index (χ2v) is 10.7. The maximum Gasteiger partial charge on any atom is 0.341 e. The van der Waals surface area contributed by atoms with E-state index in [1.165, 1.54) is 11.3 Å². The van der Waals surface area contributed by atoms with Gasteiger partial charge in [-0.15, -0.1) is 11.3 Å². The lowest BCUT2D eigenvalue weighted by Crippen LogP contribution is -2.17. The molecular weight excluding hydrogens is 492 g/mol. The van der Waals surface area contributed by atoms with Gasteiger partial charge in [-0.3, -0.25) is 4.79 Å². The lowest BCUT2D eigenvalue weighted by Gasteiger charge is -2.18. The molecule has 0 spiro atoms. The number of fused-ring (bicyclic) bond motifs is 2. The van der Waals surface area contributed by atoms with Crippen LogP contribution >= 0.6 is 22.9 Å². The van der Waals surface area contributed by atoms with Crippen LogP contribution < -0.4 is 5.32 Å². The van der Waals surface area contributed by atoms with E-state index in [2.05, 4.69) is 12.2 Å². The van der Waals surface area contributed by atoms with Crippen LogP contribution in [-0.2, 0) is 17.6 Å². The normalized spacial score (nSPS) is 14.9. The number of aromatic nitrogens is 1. The number of hydrogen-bond acceptors (Lipinski definition) is 5. The number of amides is 1. The van der Waals surface area contributed by atoms with Crippen molar-refractivity contribution in [3.05, 3.63) is 81.2 Å². The first-order valence-corrected chi connectivity index (χ1v) is 13.4. The van der Waals surface area contributed by atoms with Crippen molar-refractivity contribution >= 4 is 50.7 Å². The van der Waals surface area contributed by atoms with E-state index in [1.807, 2.05) is 49.4 Å². The van der Waals surface area contributed by atoms with E-state index in [1.54, 1.807) is 12.1 Å². The number of anilines is 1. The van der Waals surface area contributed by atoms with Gasteiger partial charge in [-0.2, -0.15) is 0 Å². The number of pyridine rings is 1. The predicted octanol–water partition coefficient (Wildman–Crippen LogP) is 7.56. The first-order valence-electron chi connectivity index (χ1n) is 12.2. The van der Waals surface area contributed by atoms with Gasteiger partial charge in [0, 0.05) is 20.8 Å². The Kier molecular flexibility index (Phi) is 7.08. The van der Waals surface area contributed by atoms with Crippen LogP contribution in [0.25, 0.3) is 22.2 Å². The van der Waals surface area contributed by atoms with Crippen molar-refractivity contribution in [2.75, 3.05) is 11.9 Å². The molecule has 2 aromatic heterocycles. The van der Waals surface area contributed by atoms with Crippen LogP contribution in [0.2, 0.25) is 5.02 Å². The molecule has 1 aliphatic rings. The van der Waals surface area contributed by atoms with Gasteiger partial charge in [-0.25, -0.2) is 9.78 Å². The van der Waals surface area contributed by atoms with E-state index in [4.69, 9.17) is 21.3 Å². The summed E-state index contributed by atoms with van der Waals surface area (Å²) < 4.78 is 5.51. The third-order valence-electron chi connectivity index (χ3n) is 6.49. The van der Waals surface area contributed by atoms with Gasteiger partial charge in [0.05, 0.1) is 28.9 Å². The first kappa shape index (κ1) is 24.5. The number of rotatable bonds is 6. The Morgan fingerprint density at radius 2 is 1.94 bits per heavy atom. The van der Waals surface area contributed by atoms with E-state index in [9.17, 15) is 9.59 Å². The van der Waals surface area contributed by atoms with Crippen molar-refractivity contribution in [2.24, 2.45) is 5.92 Å². The molecule has 4 aromatic rings. The molecule has 0 bridgehead atoms. The minimum atomic E-state index is -0.365. The van der Waals surface area contributed by atoms with Crippen molar-refractivity contribution in [3.63, 3.8) is 0 Å². The van der Waals surface area contributed by atoms with E-state index in [-0.39, 0.29) is 11.9 Å². The molecule has 0 radical (unpaired) electrons.